The zero-order valence-corrected chi connectivity index (χ0v) is 13.4. The summed E-state index contributed by atoms with van der Waals surface area (Å²) in [6.07, 6.45) is 3.65. The first-order valence-electron chi connectivity index (χ1n) is 7.69. The summed E-state index contributed by atoms with van der Waals surface area (Å²) < 4.78 is 1.41. The summed E-state index contributed by atoms with van der Waals surface area (Å²) in [6.45, 7) is 6.50. The van der Waals surface area contributed by atoms with E-state index in [0.29, 0.717) is 5.92 Å². The van der Waals surface area contributed by atoms with Crippen LogP contribution < -0.4 is 5.32 Å². The molecule has 0 saturated heterocycles. The lowest BCUT2D eigenvalue weighted by Gasteiger charge is -2.23. The van der Waals surface area contributed by atoms with Crippen LogP contribution in [0.5, 0.6) is 0 Å². The number of tetrazole rings is 1. The number of carbonyl (C=O) groups excluding carboxylic acids is 1. The molecule has 0 saturated carbocycles. The molecule has 6 heteroatoms. The largest absolute Gasteiger partial charge is 0.347 e. The third-order valence-corrected chi connectivity index (χ3v) is 3.56. The molecule has 0 aliphatic heterocycles. The van der Waals surface area contributed by atoms with Crippen LogP contribution >= 0.6 is 0 Å². The summed E-state index contributed by atoms with van der Waals surface area (Å²) in [7, 11) is 0. The first-order valence-corrected chi connectivity index (χ1v) is 7.69. The fourth-order valence-electron chi connectivity index (χ4n) is 2.43. The monoisotopic (exact) mass is 301 g/mol. The average Bonchev–Trinajstić information content (AvgIpc) is 2.99. The molecule has 2 aromatic rings. The van der Waals surface area contributed by atoms with Gasteiger partial charge in [-0.05, 0) is 33.9 Å². The molecule has 0 aliphatic rings. The van der Waals surface area contributed by atoms with E-state index in [4.69, 9.17) is 0 Å². The van der Waals surface area contributed by atoms with Crippen molar-refractivity contribution in [1.29, 1.82) is 0 Å². The van der Waals surface area contributed by atoms with Gasteiger partial charge < -0.3 is 5.32 Å². The molecule has 1 heterocycles. The van der Waals surface area contributed by atoms with E-state index in [2.05, 4.69) is 65.9 Å². The van der Waals surface area contributed by atoms with E-state index < -0.39 is 0 Å². The maximum Gasteiger partial charge on any atom is 0.242 e. The molecule has 1 amide bonds. The maximum atomic E-state index is 12.1. The fraction of sp³-hybridized carbons (Fsp3) is 0.500. The van der Waals surface area contributed by atoms with Crippen molar-refractivity contribution in [3.05, 3.63) is 41.7 Å². The van der Waals surface area contributed by atoms with Gasteiger partial charge in [0.05, 0.1) is 6.04 Å². The summed E-state index contributed by atoms with van der Waals surface area (Å²) in [4.78, 5) is 12.1. The van der Waals surface area contributed by atoms with Gasteiger partial charge in [-0.2, -0.15) is 0 Å². The quantitative estimate of drug-likeness (QED) is 0.850. The summed E-state index contributed by atoms with van der Waals surface area (Å²) in [6, 6.07) is 8.48. The van der Waals surface area contributed by atoms with Gasteiger partial charge in [0.25, 0.3) is 0 Å². The SMILES string of the molecule is CCCc1ccc([C@@H](NC(=O)Cn2cnnn2)C(C)C)cc1. The highest BCUT2D eigenvalue weighted by Crippen LogP contribution is 2.22. The number of nitrogens with one attached hydrogen (secondary N) is 1. The van der Waals surface area contributed by atoms with E-state index in [1.54, 1.807) is 0 Å². The van der Waals surface area contributed by atoms with Crippen molar-refractivity contribution in [2.45, 2.75) is 46.2 Å². The Kier molecular flexibility index (Phi) is 5.63. The van der Waals surface area contributed by atoms with E-state index in [-0.39, 0.29) is 18.5 Å². The molecule has 0 unspecified atom stereocenters. The van der Waals surface area contributed by atoms with Crippen LogP contribution in [0, 0.1) is 5.92 Å². The third kappa shape index (κ3) is 4.38. The van der Waals surface area contributed by atoms with E-state index in [1.165, 1.54) is 16.6 Å². The van der Waals surface area contributed by atoms with Crippen molar-refractivity contribution in [3.8, 4) is 0 Å². The normalized spacial score (nSPS) is 12.4. The Morgan fingerprint density at radius 1 is 1.27 bits per heavy atom. The molecule has 1 aromatic heterocycles. The van der Waals surface area contributed by atoms with Gasteiger partial charge in [0.2, 0.25) is 5.91 Å². The Bertz CT molecular complexity index is 577. The van der Waals surface area contributed by atoms with Gasteiger partial charge in [-0.1, -0.05) is 51.5 Å². The highest BCUT2D eigenvalue weighted by atomic mass is 16.2. The number of aryl methyl sites for hydroxylation is 1. The first kappa shape index (κ1) is 16.1. The van der Waals surface area contributed by atoms with Crippen LogP contribution in [0.15, 0.2) is 30.6 Å². The zero-order valence-electron chi connectivity index (χ0n) is 13.4. The lowest BCUT2D eigenvalue weighted by Crippen LogP contribution is -2.34. The molecule has 22 heavy (non-hydrogen) atoms. The summed E-state index contributed by atoms with van der Waals surface area (Å²) in [5.74, 6) is 0.207. The van der Waals surface area contributed by atoms with Crippen LogP contribution in [0.1, 0.15) is 44.4 Å². The van der Waals surface area contributed by atoms with Crippen molar-refractivity contribution < 1.29 is 4.79 Å². The molecule has 1 aromatic carbocycles. The average molecular weight is 301 g/mol. The topological polar surface area (TPSA) is 72.7 Å². The number of nitrogens with zero attached hydrogens (tertiary/aromatic N) is 4. The number of carbonyl (C=O) groups is 1. The van der Waals surface area contributed by atoms with E-state index >= 15 is 0 Å². The second-order valence-electron chi connectivity index (χ2n) is 5.79. The third-order valence-electron chi connectivity index (χ3n) is 3.56. The Balaban J connectivity index is 2.04. The molecule has 6 nitrogen and oxygen atoms in total. The van der Waals surface area contributed by atoms with Crippen molar-refractivity contribution in [2.24, 2.45) is 5.92 Å². The van der Waals surface area contributed by atoms with E-state index in [1.807, 2.05) is 0 Å². The minimum absolute atomic E-state index is 0.0142. The maximum absolute atomic E-state index is 12.1. The number of aromatic nitrogens is 4. The smallest absolute Gasteiger partial charge is 0.242 e. The number of hydrogen-bond acceptors (Lipinski definition) is 4. The molecule has 0 spiro atoms. The van der Waals surface area contributed by atoms with Crippen LogP contribution in [-0.2, 0) is 17.8 Å². The van der Waals surface area contributed by atoms with Crippen molar-refractivity contribution in [3.63, 3.8) is 0 Å². The highest BCUT2D eigenvalue weighted by Gasteiger charge is 2.18. The number of hydrogen-bond donors (Lipinski definition) is 1. The molecule has 0 aliphatic carbocycles. The van der Waals surface area contributed by atoms with Gasteiger partial charge in [-0.15, -0.1) is 5.10 Å². The van der Waals surface area contributed by atoms with Gasteiger partial charge >= 0.3 is 0 Å². The van der Waals surface area contributed by atoms with Crippen molar-refractivity contribution in [1.82, 2.24) is 25.5 Å². The Hall–Kier alpha value is -2.24. The zero-order chi connectivity index (χ0) is 15.9. The standard InChI is InChI=1S/C16H23N5O/c1-4-5-13-6-8-14(9-7-13)16(12(2)3)18-15(22)10-21-11-17-19-20-21/h6-9,11-12,16H,4-5,10H2,1-3H3,(H,18,22)/t16-/m0/s1. The second-order valence-corrected chi connectivity index (χ2v) is 5.79. The minimum atomic E-state index is -0.0939. The molecular formula is C16H23N5O. The Morgan fingerprint density at radius 2 is 2.00 bits per heavy atom. The van der Waals surface area contributed by atoms with Gasteiger partial charge in [0.15, 0.2) is 0 Å². The highest BCUT2D eigenvalue weighted by molar-refractivity contribution is 5.76. The molecule has 0 radical (unpaired) electrons. The second kappa shape index (κ2) is 7.68. The summed E-state index contributed by atoms with van der Waals surface area (Å²) in [5, 5.41) is 13.8. The lowest BCUT2D eigenvalue weighted by atomic mass is 9.94. The van der Waals surface area contributed by atoms with Crippen LogP contribution in [-0.4, -0.2) is 26.1 Å². The molecule has 1 atom stereocenters. The van der Waals surface area contributed by atoms with Crippen molar-refractivity contribution >= 4 is 5.91 Å². The van der Waals surface area contributed by atoms with E-state index in [0.717, 1.165) is 18.4 Å². The number of benzene rings is 1. The number of amides is 1. The van der Waals surface area contributed by atoms with Gasteiger partial charge in [-0.25, -0.2) is 4.68 Å². The number of rotatable bonds is 7. The molecular weight excluding hydrogens is 278 g/mol. The Morgan fingerprint density at radius 3 is 2.55 bits per heavy atom. The lowest BCUT2D eigenvalue weighted by molar-refractivity contribution is -0.123. The van der Waals surface area contributed by atoms with Crippen LogP contribution in [0.2, 0.25) is 0 Å². The van der Waals surface area contributed by atoms with Crippen LogP contribution in [0.25, 0.3) is 0 Å². The van der Waals surface area contributed by atoms with Gasteiger partial charge in [-0.3, -0.25) is 4.79 Å². The molecule has 0 bridgehead atoms. The minimum Gasteiger partial charge on any atom is -0.347 e. The molecule has 1 N–H and O–H groups in total. The molecule has 0 fully saturated rings. The predicted molar refractivity (Wildman–Crippen MR) is 84.0 cm³/mol. The molecule has 118 valence electrons. The fourth-order valence-corrected chi connectivity index (χ4v) is 2.43. The van der Waals surface area contributed by atoms with Crippen molar-refractivity contribution in [2.75, 3.05) is 0 Å². The molecule has 2 rings (SSSR count). The Labute approximate surface area is 130 Å². The van der Waals surface area contributed by atoms with Gasteiger partial charge in [0, 0.05) is 0 Å². The van der Waals surface area contributed by atoms with Crippen LogP contribution in [0.4, 0.5) is 0 Å². The van der Waals surface area contributed by atoms with Crippen LogP contribution in [0.3, 0.4) is 0 Å². The van der Waals surface area contributed by atoms with Gasteiger partial charge in [0.1, 0.15) is 12.9 Å². The van der Waals surface area contributed by atoms with E-state index in [9.17, 15) is 4.79 Å². The summed E-state index contributed by atoms with van der Waals surface area (Å²) >= 11 is 0. The first-order chi connectivity index (χ1) is 10.6. The summed E-state index contributed by atoms with van der Waals surface area (Å²) in [5.41, 5.74) is 2.45. The predicted octanol–water partition coefficient (Wildman–Crippen LogP) is 2.14.